The number of benzene rings is 4. The first kappa shape index (κ1) is 32.1. The predicted molar refractivity (Wildman–Crippen MR) is 168 cm³/mol. The van der Waals surface area contributed by atoms with Crippen LogP contribution in [0.2, 0.25) is 0 Å². The molecule has 0 spiro atoms. The zero-order valence-corrected chi connectivity index (χ0v) is 24.8. The number of ether oxygens (including phenoxy) is 2. The van der Waals surface area contributed by atoms with Gasteiger partial charge in [0.2, 0.25) is 5.90 Å². The highest BCUT2D eigenvalue weighted by Gasteiger charge is 2.53. The molecule has 0 saturated carbocycles. The number of carbonyl (C=O) groups is 1. The quantitative estimate of drug-likeness (QED) is 0.0515. The normalized spacial score (nSPS) is 17.0. The number of aliphatic imine (C=N–C) groups is 1. The first-order chi connectivity index (χ1) is 22.4. The van der Waals surface area contributed by atoms with Crippen molar-refractivity contribution in [3.63, 3.8) is 0 Å². The molecule has 0 unspecified atom stereocenters. The van der Waals surface area contributed by atoms with Gasteiger partial charge in [0.15, 0.2) is 11.6 Å². The van der Waals surface area contributed by atoms with E-state index >= 15 is 0 Å². The highest BCUT2D eigenvalue weighted by molar-refractivity contribution is 6.01. The summed E-state index contributed by atoms with van der Waals surface area (Å²) in [5, 5.41) is 12.9. The number of aliphatic hydroxyl groups excluding tert-OH is 1. The van der Waals surface area contributed by atoms with Crippen molar-refractivity contribution in [2.45, 2.75) is 30.9 Å². The lowest BCUT2D eigenvalue weighted by atomic mass is 9.81. The third-order valence-corrected chi connectivity index (χ3v) is 7.40. The first-order valence-corrected chi connectivity index (χ1v) is 14.7. The molecular weight excluding hydrogens is 594 g/mol. The minimum absolute atomic E-state index is 0.0101. The van der Waals surface area contributed by atoms with Crippen molar-refractivity contribution in [3.8, 4) is 5.75 Å². The van der Waals surface area contributed by atoms with Crippen molar-refractivity contribution in [1.29, 1.82) is 0 Å². The van der Waals surface area contributed by atoms with Crippen molar-refractivity contribution >= 4 is 17.5 Å². The molecule has 0 aliphatic carbocycles. The number of hydrogen-bond acceptors (Lipinski definition) is 7. The molecule has 236 valence electrons. The summed E-state index contributed by atoms with van der Waals surface area (Å²) in [6.07, 6.45) is -0.140. The topological polar surface area (TPSA) is 141 Å². The molecule has 4 aromatic carbocycles. The van der Waals surface area contributed by atoms with E-state index in [-0.39, 0.29) is 31.9 Å². The largest absolute Gasteiger partial charge is 0.494 e. The summed E-state index contributed by atoms with van der Waals surface area (Å²) in [6.45, 7) is 0.554. The summed E-state index contributed by atoms with van der Waals surface area (Å²) in [5.41, 5.74) is 15.9. The fourth-order valence-electron chi connectivity index (χ4n) is 5.22. The Kier molecular flexibility index (Phi) is 10.6. The van der Waals surface area contributed by atoms with Crippen LogP contribution in [0.25, 0.3) is 10.4 Å². The van der Waals surface area contributed by atoms with Crippen molar-refractivity contribution in [2.24, 2.45) is 10.1 Å². The summed E-state index contributed by atoms with van der Waals surface area (Å²) in [5.74, 6) is -1.07. The van der Waals surface area contributed by atoms with Crippen LogP contribution in [0, 0.1) is 11.6 Å². The van der Waals surface area contributed by atoms with Gasteiger partial charge in [0, 0.05) is 48.2 Å². The Morgan fingerprint density at radius 3 is 2.46 bits per heavy atom. The molecule has 0 saturated heterocycles. The monoisotopic (exact) mass is 626 g/mol. The third-order valence-electron chi connectivity index (χ3n) is 7.40. The van der Waals surface area contributed by atoms with E-state index in [9.17, 15) is 19.1 Å². The second kappa shape index (κ2) is 15.1. The number of halogens is 2. The van der Waals surface area contributed by atoms with E-state index in [2.05, 4.69) is 20.9 Å². The average Bonchev–Trinajstić information content (AvgIpc) is 3.45. The molecule has 0 fully saturated rings. The van der Waals surface area contributed by atoms with E-state index in [1.807, 2.05) is 30.3 Å². The maximum Gasteiger partial charge on any atom is 0.266 e. The van der Waals surface area contributed by atoms with Gasteiger partial charge in [-0.05, 0) is 65.0 Å². The fraction of sp³-hybridized carbons (Fsp3) is 0.235. The standard InChI is InChI=1S/C34H32F2N6O4/c35-27-19-23(20-28(36)21-27)15-16-38-41-33(44)34(22-26-9-4-5-10-30(26)40-42-37)31(24-7-2-1-3-8-24)46-32(39-34)25-11-13-29(14-12-25)45-18-6-17-43/h1-5,7-14,19-21,31,38,43H,6,15-18,22H2,(H,41,44)/t31-,34-/m0/s1. The van der Waals surface area contributed by atoms with E-state index in [0.29, 0.717) is 46.7 Å². The van der Waals surface area contributed by atoms with Crippen LogP contribution in [0.4, 0.5) is 14.5 Å². The average molecular weight is 627 g/mol. The minimum Gasteiger partial charge on any atom is -0.494 e. The molecule has 0 radical (unpaired) electrons. The molecule has 12 heteroatoms. The molecule has 1 amide bonds. The Morgan fingerprint density at radius 2 is 1.74 bits per heavy atom. The Labute approximate surface area is 264 Å². The zero-order chi connectivity index (χ0) is 32.4. The van der Waals surface area contributed by atoms with Crippen molar-refractivity contribution < 1.29 is 28.2 Å². The summed E-state index contributed by atoms with van der Waals surface area (Å²) >= 11 is 0. The maximum atomic E-state index is 14.3. The molecule has 1 aliphatic heterocycles. The highest BCUT2D eigenvalue weighted by Crippen LogP contribution is 2.43. The lowest BCUT2D eigenvalue weighted by molar-refractivity contribution is -0.130. The van der Waals surface area contributed by atoms with Crippen molar-refractivity contribution in [1.82, 2.24) is 10.9 Å². The van der Waals surface area contributed by atoms with Gasteiger partial charge in [-0.15, -0.1) is 0 Å². The van der Waals surface area contributed by atoms with Crippen LogP contribution in [-0.4, -0.2) is 42.2 Å². The van der Waals surface area contributed by atoms with Gasteiger partial charge in [-0.1, -0.05) is 59.7 Å². The van der Waals surface area contributed by atoms with E-state index in [1.54, 1.807) is 48.5 Å². The molecule has 1 heterocycles. The Bertz CT molecular complexity index is 1710. The van der Waals surface area contributed by atoms with Crippen LogP contribution in [-0.2, 0) is 22.4 Å². The van der Waals surface area contributed by atoms with Gasteiger partial charge in [-0.25, -0.2) is 19.2 Å². The lowest BCUT2D eigenvalue weighted by Gasteiger charge is -2.31. The minimum atomic E-state index is -1.58. The van der Waals surface area contributed by atoms with Gasteiger partial charge in [0.25, 0.3) is 5.91 Å². The third kappa shape index (κ3) is 7.67. The number of nitrogens with zero attached hydrogens (tertiary/aromatic N) is 4. The Hall–Kier alpha value is -5.29. The molecule has 2 atom stereocenters. The molecule has 5 rings (SSSR count). The van der Waals surface area contributed by atoms with Crippen LogP contribution in [0.15, 0.2) is 107 Å². The fourth-order valence-corrected chi connectivity index (χ4v) is 5.22. The molecular formula is C34H32F2N6O4. The van der Waals surface area contributed by atoms with Gasteiger partial charge < -0.3 is 14.6 Å². The first-order valence-electron chi connectivity index (χ1n) is 14.7. The maximum absolute atomic E-state index is 14.3. The van der Waals surface area contributed by atoms with Gasteiger partial charge in [-0.2, -0.15) is 0 Å². The summed E-state index contributed by atoms with van der Waals surface area (Å²) in [6, 6.07) is 26.5. The summed E-state index contributed by atoms with van der Waals surface area (Å²) < 4.78 is 39.5. The summed E-state index contributed by atoms with van der Waals surface area (Å²) in [7, 11) is 0. The van der Waals surface area contributed by atoms with Crippen LogP contribution in [0.1, 0.15) is 34.8 Å². The molecule has 3 N–H and O–H groups in total. The van der Waals surface area contributed by atoms with Gasteiger partial charge in [0.05, 0.1) is 6.61 Å². The highest BCUT2D eigenvalue weighted by atomic mass is 19.1. The SMILES string of the molecule is [N-]=[N+]=Nc1ccccc1C[C@]1(C(=O)NNCCc2cc(F)cc(F)c2)N=C(c2ccc(OCCCO)cc2)O[C@H]1c1ccccc1. The number of amides is 1. The van der Waals surface area contributed by atoms with Crippen molar-refractivity contribution in [3.05, 3.63) is 141 Å². The molecule has 4 aromatic rings. The molecule has 1 aliphatic rings. The van der Waals surface area contributed by atoms with Crippen LogP contribution < -0.4 is 15.6 Å². The second-order valence-electron chi connectivity index (χ2n) is 10.6. The van der Waals surface area contributed by atoms with Gasteiger partial charge in [-0.3, -0.25) is 10.2 Å². The predicted octanol–water partition coefficient (Wildman–Crippen LogP) is 6.03. The smallest absolute Gasteiger partial charge is 0.266 e. The van der Waals surface area contributed by atoms with Gasteiger partial charge >= 0.3 is 0 Å². The van der Waals surface area contributed by atoms with E-state index in [4.69, 9.17) is 19.6 Å². The number of hydrogen-bond donors (Lipinski definition) is 3. The van der Waals surface area contributed by atoms with Crippen LogP contribution in [0.5, 0.6) is 5.75 Å². The number of nitrogens with one attached hydrogen (secondary N) is 2. The molecule has 0 aromatic heterocycles. The van der Waals surface area contributed by atoms with Crippen LogP contribution in [0.3, 0.4) is 0 Å². The zero-order valence-electron chi connectivity index (χ0n) is 24.8. The number of carbonyl (C=O) groups excluding carboxylic acids is 1. The number of aliphatic hydroxyl groups is 1. The molecule has 0 bridgehead atoms. The van der Waals surface area contributed by atoms with Crippen LogP contribution >= 0.6 is 0 Å². The molecule has 46 heavy (non-hydrogen) atoms. The second-order valence-corrected chi connectivity index (χ2v) is 10.6. The Morgan fingerprint density at radius 1 is 1.02 bits per heavy atom. The van der Waals surface area contributed by atoms with E-state index in [0.717, 1.165) is 6.07 Å². The Balaban J connectivity index is 1.50. The lowest BCUT2D eigenvalue weighted by Crippen LogP contribution is -2.54. The van der Waals surface area contributed by atoms with E-state index < -0.39 is 29.2 Å². The number of azide groups is 1. The van der Waals surface area contributed by atoms with Crippen molar-refractivity contribution in [2.75, 3.05) is 19.8 Å². The summed E-state index contributed by atoms with van der Waals surface area (Å²) in [4.78, 5) is 22.2. The molecule has 10 nitrogen and oxygen atoms in total. The van der Waals surface area contributed by atoms with Gasteiger partial charge in [0.1, 0.15) is 17.4 Å². The number of hydrazine groups is 1. The van der Waals surface area contributed by atoms with E-state index in [1.165, 1.54) is 12.1 Å². The number of rotatable bonds is 14.